The van der Waals surface area contributed by atoms with E-state index < -0.39 is 7.12 Å². The average Bonchev–Trinajstić information content (AvgIpc) is 3.24. The molecule has 10 heteroatoms. The van der Waals surface area contributed by atoms with E-state index in [1.807, 2.05) is 31.2 Å². The number of piperazine rings is 1. The van der Waals surface area contributed by atoms with Gasteiger partial charge in [0.2, 0.25) is 0 Å². The fourth-order valence-corrected chi connectivity index (χ4v) is 5.69. The van der Waals surface area contributed by atoms with E-state index in [1.54, 1.807) is 17.9 Å². The molecule has 0 radical (unpaired) electrons. The molecule has 0 aromatic heterocycles. The molecule has 194 valence electrons. The van der Waals surface area contributed by atoms with Crippen molar-refractivity contribution in [3.05, 3.63) is 92.9 Å². The quantitative estimate of drug-likeness (QED) is 0.224. The number of carbonyl (C=O) groups is 1. The number of benzene rings is 3. The third kappa shape index (κ3) is 4.87. The second kappa shape index (κ2) is 10.9. The minimum Gasteiger partial charge on any atom is -0.448 e. The first kappa shape index (κ1) is 25.8. The maximum absolute atomic E-state index is 13.0. The summed E-state index contributed by atoms with van der Waals surface area (Å²) >= 11 is 0. The number of nitrogens with zero attached hydrogens (tertiary/aromatic N) is 5. The van der Waals surface area contributed by atoms with Crippen molar-refractivity contribution in [2.24, 2.45) is 5.11 Å². The lowest BCUT2D eigenvalue weighted by Crippen LogP contribution is -2.48. The molecule has 3 aromatic rings. The van der Waals surface area contributed by atoms with Gasteiger partial charge >= 0.3 is 13.2 Å². The predicted molar refractivity (Wildman–Crippen MR) is 146 cm³/mol. The van der Waals surface area contributed by atoms with Crippen molar-refractivity contribution in [3.8, 4) is 11.1 Å². The van der Waals surface area contributed by atoms with Crippen LogP contribution in [-0.2, 0) is 11.3 Å². The highest BCUT2D eigenvalue weighted by Crippen LogP contribution is 2.44. The average molecular weight is 511 g/mol. The Kier molecular flexibility index (Phi) is 7.40. The van der Waals surface area contributed by atoms with Crippen LogP contribution in [0, 0.1) is 13.8 Å². The van der Waals surface area contributed by atoms with Gasteiger partial charge in [0, 0.05) is 49.2 Å². The summed E-state index contributed by atoms with van der Waals surface area (Å²) in [6.07, 6.45) is -0.311. The lowest BCUT2D eigenvalue weighted by molar-refractivity contribution is 0.0728. The fourth-order valence-electron chi connectivity index (χ4n) is 5.69. The number of ether oxygens (including phenoxy) is 1. The monoisotopic (exact) mass is 511 g/mol. The molecule has 1 aliphatic carbocycles. The summed E-state index contributed by atoms with van der Waals surface area (Å²) in [4.78, 5) is 19.8. The first-order valence-corrected chi connectivity index (χ1v) is 12.8. The molecule has 5 rings (SSSR count). The number of amides is 1. The molecule has 3 aromatic carbocycles. The standard InChI is InChI=1S/C28H30BN5O4/c1-18-20(15-26(31-32-30)19(2)27(18)29(36)37)16-33-11-13-34(14-12-33)28(35)38-17-25-23-9-5-3-7-21(23)22-8-4-6-10-24(22)25/h3-10,15,25,36-37H,11-14,16-17H2,1-2H3. The van der Waals surface area contributed by atoms with Gasteiger partial charge in [-0.05, 0) is 69.9 Å². The highest BCUT2D eigenvalue weighted by Gasteiger charge is 2.30. The molecule has 0 unspecified atom stereocenters. The summed E-state index contributed by atoms with van der Waals surface area (Å²) in [6.45, 7) is 6.73. The van der Waals surface area contributed by atoms with Crippen LogP contribution in [0.4, 0.5) is 10.5 Å². The summed E-state index contributed by atoms with van der Waals surface area (Å²) in [5.41, 5.74) is 16.6. The van der Waals surface area contributed by atoms with Gasteiger partial charge in [0.05, 0.1) is 0 Å². The van der Waals surface area contributed by atoms with Crippen molar-refractivity contribution in [2.75, 3.05) is 32.8 Å². The van der Waals surface area contributed by atoms with Gasteiger partial charge in [-0.1, -0.05) is 53.6 Å². The zero-order valence-corrected chi connectivity index (χ0v) is 21.5. The highest BCUT2D eigenvalue weighted by atomic mass is 16.6. The molecule has 1 fully saturated rings. The SMILES string of the molecule is Cc1c(CN2CCN(C(=O)OCC3c4ccccc4-c4ccccc43)CC2)cc(N=[N+]=[N-])c(C)c1B(O)O. The van der Waals surface area contributed by atoms with E-state index in [4.69, 9.17) is 10.3 Å². The molecule has 9 nitrogen and oxygen atoms in total. The Labute approximate surface area is 222 Å². The van der Waals surface area contributed by atoms with Gasteiger partial charge in [-0.15, -0.1) is 0 Å². The first-order valence-electron chi connectivity index (χ1n) is 12.8. The van der Waals surface area contributed by atoms with Gasteiger partial charge in [0.1, 0.15) is 6.61 Å². The van der Waals surface area contributed by atoms with Crippen LogP contribution >= 0.6 is 0 Å². The molecule has 0 atom stereocenters. The molecule has 1 saturated heterocycles. The maximum Gasteiger partial charge on any atom is 0.488 e. The van der Waals surface area contributed by atoms with Crippen LogP contribution in [0.3, 0.4) is 0 Å². The van der Waals surface area contributed by atoms with Crippen molar-refractivity contribution >= 4 is 24.4 Å². The van der Waals surface area contributed by atoms with Crippen LogP contribution in [0.2, 0.25) is 0 Å². The van der Waals surface area contributed by atoms with Gasteiger partial charge in [0.25, 0.3) is 0 Å². The maximum atomic E-state index is 13.0. The Balaban J connectivity index is 1.21. The van der Waals surface area contributed by atoms with Crippen LogP contribution in [0.1, 0.15) is 33.7 Å². The van der Waals surface area contributed by atoms with E-state index in [0.29, 0.717) is 56.0 Å². The number of rotatable bonds is 6. The third-order valence-corrected chi connectivity index (χ3v) is 7.76. The van der Waals surface area contributed by atoms with Crippen molar-refractivity contribution < 1.29 is 19.6 Å². The lowest BCUT2D eigenvalue weighted by atomic mass is 9.72. The number of hydrogen-bond donors (Lipinski definition) is 2. The van der Waals surface area contributed by atoms with Gasteiger partial charge in [-0.25, -0.2) is 4.79 Å². The minimum atomic E-state index is -1.66. The molecular formula is C28H30BN5O4. The number of fused-ring (bicyclic) bond motifs is 3. The zero-order valence-electron chi connectivity index (χ0n) is 21.5. The largest absolute Gasteiger partial charge is 0.488 e. The van der Waals surface area contributed by atoms with E-state index in [0.717, 1.165) is 11.1 Å². The molecule has 1 heterocycles. The van der Waals surface area contributed by atoms with E-state index in [2.05, 4.69) is 39.2 Å². The predicted octanol–water partition coefficient (Wildman–Crippen LogP) is 3.99. The van der Waals surface area contributed by atoms with Crippen LogP contribution < -0.4 is 5.46 Å². The molecule has 2 N–H and O–H groups in total. The normalized spacial score (nSPS) is 15.0. The first-order chi connectivity index (χ1) is 18.4. The Bertz CT molecular complexity index is 1370. The van der Waals surface area contributed by atoms with E-state index in [-0.39, 0.29) is 12.0 Å². The van der Waals surface area contributed by atoms with Crippen molar-refractivity contribution in [1.29, 1.82) is 0 Å². The highest BCUT2D eigenvalue weighted by molar-refractivity contribution is 6.60. The van der Waals surface area contributed by atoms with Crippen LogP contribution in [-0.4, -0.2) is 65.8 Å². The van der Waals surface area contributed by atoms with Gasteiger partial charge in [-0.2, -0.15) is 0 Å². The Morgan fingerprint density at radius 1 is 1.03 bits per heavy atom. The molecule has 2 aliphatic rings. The Hall–Kier alpha value is -3.82. The summed E-state index contributed by atoms with van der Waals surface area (Å²) in [6, 6.07) is 18.4. The Morgan fingerprint density at radius 2 is 1.63 bits per heavy atom. The lowest BCUT2D eigenvalue weighted by Gasteiger charge is -2.34. The molecular weight excluding hydrogens is 481 g/mol. The van der Waals surface area contributed by atoms with Crippen molar-refractivity contribution in [2.45, 2.75) is 26.3 Å². The number of azide groups is 1. The zero-order chi connectivity index (χ0) is 26.8. The van der Waals surface area contributed by atoms with Crippen LogP contribution in [0.25, 0.3) is 21.6 Å². The van der Waals surface area contributed by atoms with Crippen molar-refractivity contribution in [1.82, 2.24) is 9.80 Å². The summed E-state index contributed by atoms with van der Waals surface area (Å²) < 4.78 is 5.82. The molecule has 0 saturated carbocycles. The topological polar surface area (TPSA) is 122 Å². The van der Waals surface area contributed by atoms with Gasteiger partial charge < -0.3 is 19.7 Å². The summed E-state index contributed by atoms with van der Waals surface area (Å²) in [5.74, 6) is 0.0264. The third-order valence-electron chi connectivity index (χ3n) is 7.76. The second-order valence-electron chi connectivity index (χ2n) is 9.85. The van der Waals surface area contributed by atoms with Crippen molar-refractivity contribution in [3.63, 3.8) is 0 Å². The Morgan fingerprint density at radius 3 is 2.21 bits per heavy atom. The van der Waals surface area contributed by atoms with E-state index in [1.165, 1.54) is 22.3 Å². The van der Waals surface area contributed by atoms with Gasteiger partial charge in [-0.3, -0.25) is 4.90 Å². The minimum absolute atomic E-state index is 0.0264. The number of hydrogen-bond acceptors (Lipinski definition) is 6. The second-order valence-corrected chi connectivity index (χ2v) is 9.85. The summed E-state index contributed by atoms with van der Waals surface area (Å²) in [5, 5.41) is 23.5. The molecule has 1 amide bonds. The smallest absolute Gasteiger partial charge is 0.448 e. The van der Waals surface area contributed by atoms with E-state index in [9.17, 15) is 14.8 Å². The van der Waals surface area contributed by atoms with E-state index >= 15 is 0 Å². The van der Waals surface area contributed by atoms with Crippen LogP contribution in [0.15, 0.2) is 59.7 Å². The van der Waals surface area contributed by atoms with Gasteiger partial charge in [0.15, 0.2) is 0 Å². The molecule has 0 spiro atoms. The number of carbonyl (C=O) groups excluding carboxylic acids is 1. The molecule has 1 aliphatic heterocycles. The fraction of sp³-hybridized carbons (Fsp3) is 0.321. The summed E-state index contributed by atoms with van der Waals surface area (Å²) in [7, 11) is -1.66. The van der Waals surface area contributed by atoms with Crippen LogP contribution in [0.5, 0.6) is 0 Å². The molecule has 0 bridgehead atoms. The molecule has 38 heavy (non-hydrogen) atoms.